The van der Waals surface area contributed by atoms with Gasteiger partial charge in [-0.3, -0.25) is 0 Å². The van der Waals surface area contributed by atoms with E-state index in [-0.39, 0.29) is 5.56 Å². The topological polar surface area (TPSA) is 88.5 Å². The smallest absolute Gasteiger partial charge is 0.264 e. The van der Waals surface area contributed by atoms with Crippen molar-refractivity contribution < 1.29 is 21.9 Å². The molecule has 15 heavy (non-hydrogen) atoms. The summed E-state index contributed by atoms with van der Waals surface area (Å²) in [6, 6.07) is 3.59. The van der Waals surface area contributed by atoms with Crippen LogP contribution in [-0.2, 0) is 19.3 Å². The maximum absolute atomic E-state index is 10.9. The van der Waals surface area contributed by atoms with Crippen molar-refractivity contribution in [2.45, 2.75) is 4.90 Å². The molecule has 8 heteroatoms. The Hall–Kier alpha value is -1.05. The maximum atomic E-state index is 10.9. The van der Waals surface area contributed by atoms with Crippen LogP contribution in [0.15, 0.2) is 23.1 Å². The molecule has 0 amide bonds. The summed E-state index contributed by atoms with van der Waals surface area (Å²) < 4.78 is 42.5. The van der Waals surface area contributed by atoms with Crippen LogP contribution in [0.3, 0.4) is 0 Å². The Morgan fingerprint density at radius 1 is 1.33 bits per heavy atom. The molecule has 0 aromatic heterocycles. The van der Waals surface area contributed by atoms with Gasteiger partial charge in [0, 0.05) is 16.2 Å². The third-order valence-corrected chi connectivity index (χ3v) is 3.32. The van der Waals surface area contributed by atoms with Crippen molar-refractivity contribution in [3.8, 4) is 5.75 Å². The van der Waals surface area contributed by atoms with E-state index in [0.717, 1.165) is 6.07 Å². The number of hydrogen-bond donors (Lipinski definition) is 1. The Morgan fingerprint density at radius 2 is 1.93 bits per heavy atom. The largest absolute Gasteiger partial charge is 0.506 e. The van der Waals surface area contributed by atoms with E-state index >= 15 is 0 Å². The predicted octanol–water partition coefficient (Wildman–Crippen LogP) is 0.349. The van der Waals surface area contributed by atoms with Gasteiger partial charge in [0.15, 0.2) is 0 Å². The number of benzene rings is 1. The average molecular weight is 269 g/mol. The van der Waals surface area contributed by atoms with E-state index in [4.69, 9.17) is 10.7 Å². The number of para-hydroxylation sites is 1. The highest BCUT2D eigenvalue weighted by Crippen LogP contribution is 2.27. The molecular weight excluding hydrogens is 264 g/mol. The second kappa shape index (κ2) is 4.21. The van der Waals surface area contributed by atoms with E-state index in [0.29, 0.717) is 5.37 Å². The Balaban J connectivity index is 3.57. The fourth-order valence-electron chi connectivity index (χ4n) is 0.935. The number of phenols is 1. The van der Waals surface area contributed by atoms with Crippen LogP contribution in [0.25, 0.3) is 0 Å². The summed E-state index contributed by atoms with van der Waals surface area (Å²) in [4.78, 5) is -0.525. The van der Waals surface area contributed by atoms with E-state index in [1.165, 1.54) is 12.1 Å². The van der Waals surface area contributed by atoms with E-state index < -0.39 is 30.0 Å². The molecule has 0 aliphatic rings. The molecule has 0 radical (unpaired) electrons. The molecule has 0 bridgehead atoms. The zero-order chi connectivity index (χ0) is 11.6. The first kappa shape index (κ1) is 12.0. The van der Waals surface area contributed by atoms with Gasteiger partial charge in [-0.25, -0.2) is 8.42 Å². The molecule has 1 rings (SSSR count). The Labute approximate surface area is 91.9 Å². The summed E-state index contributed by atoms with van der Waals surface area (Å²) in [7, 11) is -1.61. The van der Waals surface area contributed by atoms with Gasteiger partial charge in [0.2, 0.25) is 10.3 Å². The Kier molecular flexibility index (Phi) is 3.38. The first-order valence-electron chi connectivity index (χ1n) is 3.52. The summed E-state index contributed by atoms with van der Waals surface area (Å²) in [5, 5.41) is 10.1. The van der Waals surface area contributed by atoms with Crippen molar-refractivity contribution >= 4 is 35.4 Å². The van der Waals surface area contributed by atoms with Gasteiger partial charge in [-0.15, -0.1) is 0 Å². The minimum atomic E-state index is -4.09. The molecule has 0 aliphatic carbocycles. The van der Waals surface area contributed by atoms with E-state index in [9.17, 15) is 21.9 Å². The van der Waals surface area contributed by atoms with Crippen LogP contribution in [0.1, 0.15) is 5.56 Å². The van der Waals surface area contributed by atoms with Gasteiger partial charge in [0.25, 0.3) is 9.05 Å². The van der Waals surface area contributed by atoms with Crippen LogP contribution in [0, 0.1) is 0 Å². The van der Waals surface area contributed by atoms with Crippen LogP contribution < -0.4 is 0 Å². The lowest BCUT2D eigenvalue weighted by Gasteiger charge is -2.02. The maximum Gasteiger partial charge on any atom is 0.264 e. The van der Waals surface area contributed by atoms with Gasteiger partial charge in [-0.2, -0.15) is 8.42 Å². The summed E-state index contributed by atoms with van der Waals surface area (Å²) in [6.45, 7) is 0. The highest BCUT2D eigenvalue weighted by molar-refractivity contribution is 8.13. The van der Waals surface area contributed by atoms with Gasteiger partial charge in [0.05, 0.1) is 5.37 Å². The van der Waals surface area contributed by atoms with Crippen LogP contribution in [0.5, 0.6) is 5.75 Å². The highest BCUT2D eigenvalue weighted by atomic mass is 35.7. The predicted molar refractivity (Wildman–Crippen MR) is 55.2 cm³/mol. The molecular formula is C7H5ClO5S2. The zero-order valence-electron chi connectivity index (χ0n) is 7.08. The van der Waals surface area contributed by atoms with Crippen molar-refractivity contribution in [2.75, 3.05) is 0 Å². The monoisotopic (exact) mass is 268 g/mol. The average Bonchev–Trinajstić information content (AvgIpc) is 2.05. The second-order valence-corrected chi connectivity index (χ2v) is 5.80. The number of halogens is 1. The van der Waals surface area contributed by atoms with Crippen molar-refractivity contribution in [3.63, 3.8) is 0 Å². The fraction of sp³-hybridized carbons (Fsp3) is 0. The molecule has 0 spiro atoms. The van der Waals surface area contributed by atoms with Crippen molar-refractivity contribution in [3.05, 3.63) is 23.8 Å². The van der Waals surface area contributed by atoms with Crippen LogP contribution >= 0.6 is 10.7 Å². The molecule has 1 aromatic carbocycles. The van der Waals surface area contributed by atoms with Crippen molar-refractivity contribution in [1.82, 2.24) is 0 Å². The molecule has 0 heterocycles. The molecule has 1 N–H and O–H groups in total. The first-order chi connectivity index (χ1) is 6.82. The highest BCUT2D eigenvalue weighted by Gasteiger charge is 2.17. The first-order valence-corrected chi connectivity index (χ1v) is 6.96. The lowest BCUT2D eigenvalue weighted by atomic mass is 10.2. The second-order valence-electron chi connectivity index (χ2n) is 2.51. The van der Waals surface area contributed by atoms with Gasteiger partial charge in [-0.1, -0.05) is 12.1 Å². The fourth-order valence-corrected chi connectivity index (χ4v) is 2.30. The van der Waals surface area contributed by atoms with Gasteiger partial charge in [-0.05, 0) is 6.07 Å². The van der Waals surface area contributed by atoms with Gasteiger partial charge < -0.3 is 5.11 Å². The van der Waals surface area contributed by atoms with E-state index in [1.807, 2.05) is 0 Å². The summed E-state index contributed by atoms with van der Waals surface area (Å²) in [5.74, 6) is -0.684. The molecule has 1 aromatic rings. The number of rotatable bonds is 2. The number of phenolic OH excluding ortho intramolecular Hbond substituents is 1. The SMILES string of the molecule is O=S(=O)=Cc1cccc(S(=O)(=O)Cl)c1O. The summed E-state index contributed by atoms with van der Waals surface area (Å²) in [6.07, 6.45) is 0. The molecule has 0 saturated carbocycles. The van der Waals surface area contributed by atoms with Crippen LogP contribution in [0.2, 0.25) is 0 Å². The van der Waals surface area contributed by atoms with Gasteiger partial charge >= 0.3 is 0 Å². The van der Waals surface area contributed by atoms with Crippen LogP contribution in [0.4, 0.5) is 0 Å². The molecule has 0 fully saturated rings. The lowest BCUT2D eigenvalue weighted by Crippen LogP contribution is -1.94. The minimum Gasteiger partial charge on any atom is -0.506 e. The third-order valence-electron chi connectivity index (χ3n) is 1.52. The van der Waals surface area contributed by atoms with Crippen molar-refractivity contribution in [2.24, 2.45) is 0 Å². The van der Waals surface area contributed by atoms with E-state index in [1.54, 1.807) is 0 Å². The molecule has 0 aliphatic heterocycles. The lowest BCUT2D eigenvalue weighted by molar-refractivity contribution is 0.459. The standard InChI is InChI=1S/C7H5ClO5S2/c8-15(12,13)6-3-1-2-5(7(6)9)4-14(10)11/h1-4,9H. The molecule has 0 atom stereocenters. The van der Waals surface area contributed by atoms with Crippen molar-refractivity contribution in [1.29, 1.82) is 0 Å². The minimum absolute atomic E-state index is 0.134. The molecule has 0 unspecified atom stereocenters. The summed E-state index contributed by atoms with van der Waals surface area (Å²) in [5.41, 5.74) is -0.134. The normalized spacial score (nSPS) is 11.0. The molecule has 0 saturated heterocycles. The molecule has 82 valence electrons. The van der Waals surface area contributed by atoms with E-state index in [2.05, 4.69) is 0 Å². The van der Waals surface area contributed by atoms with Gasteiger partial charge in [0.1, 0.15) is 10.6 Å². The third kappa shape index (κ3) is 2.95. The molecule has 5 nitrogen and oxygen atoms in total. The Morgan fingerprint density at radius 3 is 2.40 bits per heavy atom. The summed E-state index contributed by atoms with van der Waals surface area (Å²) >= 11 is 0. The number of aromatic hydroxyl groups is 1. The number of hydrogen-bond acceptors (Lipinski definition) is 5. The quantitative estimate of drug-likeness (QED) is 0.618. The Bertz CT molecular complexity index is 607. The van der Waals surface area contributed by atoms with Crippen LogP contribution in [-0.4, -0.2) is 27.3 Å². The zero-order valence-corrected chi connectivity index (χ0v) is 9.47.